The average molecular weight is 409 g/mol. The third-order valence-electron chi connectivity index (χ3n) is 5.85. The van der Waals surface area contributed by atoms with Crippen LogP contribution in [0.15, 0.2) is 28.8 Å². The van der Waals surface area contributed by atoms with E-state index in [2.05, 4.69) is 24.8 Å². The van der Waals surface area contributed by atoms with Crippen LogP contribution in [-0.4, -0.2) is 65.3 Å². The van der Waals surface area contributed by atoms with Crippen molar-refractivity contribution in [2.45, 2.75) is 38.5 Å². The molecule has 2 aliphatic heterocycles. The van der Waals surface area contributed by atoms with Crippen molar-refractivity contribution in [3.8, 4) is 0 Å². The van der Waals surface area contributed by atoms with Gasteiger partial charge in [0.1, 0.15) is 0 Å². The van der Waals surface area contributed by atoms with Crippen LogP contribution in [0.3, 0.4) is 0 Å². The highest BCUT2D eigenvalue weighted by Gasteiger charge is 2.32. The highest BCUT2D eigenvalue weighted by atomic mass is 19.4. The first-order valence-electron chi connectivity index (χ1n) is 10.1. The molecule has 6 nitrogen and oxygen atoms in total. The van der Waals surface area contributed by atoms with Crippen molar-refractivity contribution in [1.82, 2.24) is 19.9 Å². The molecule has 0 atom stereocenters. The quantitative estimate of drug-likeness (QED) is 0.773. The number of benzene rings is 1. The molecule has 2 aliphatic rings. The fraction of sp³-hybridized carbons (Fsp3) is 0.600. The van der Waals surface area contributed by atoms with Crippen molar-refractivity contribution in [1.29, 1.82) is 0 Å². The van der Waals surface area contributed by atoms with Crippen LogP contribution in [0, 0.1) is 6.92 Å². The third-order valence-corrected chi connectivity index (χ3v) is 5.85. The number of hydrogen-bond donors (Lipinski definition) is 0. The Morgan fingerprint density at radius 2 is 1.79 bits per heavy atom. The second kappa shape index (κ2) is 8.31. The van der Waals surface area contributed by atoms with E-state index >= 15 is 0 Å². The molecule has 4 rings (SSSR count). The summed E-state index contributed by atoms with van der Waals surface area (Å²) in [6, 6.07) is 6.17. The van der Waals surface area contributed by atoms with Gasteiger partial charge in [0.2, 0.25) is 5.89 Å². The summed E-state index contributed by atoms with van der Waals surface area (Å²) < 4.78 is 44.1. The Morgan fingerprint density at radius 1 is 1.07 bits per heavy atom. The summed E-state index contributed by atoms with van der Waals surface area (Å²) in [6.45, 7) is 7.74. The molecule has 2 aromatic rings. The third kappa shape index (κ3) is 4.90. The van der Waals surface area contributed by atoms with Gasteiger partial charge in [-0.25, -0.2) is 0 Å². The topological polar surface area (TPSA) is 48.6 Å². The van der Waals surface area contributed by atoms with E-state index in [1.54, 1.807) is 6.07 Å². The summed E-state index contributed by atoms with van der Waals surface area (Å²) >= 11 is 0. The molecule has 158 valence electrons. The van der Waals surface area contributed by atoms with Gasteiger partial charge in [-0.3, -0.25) is 9.80 Å². The summed E-state index contributed by atoms with van der Waals surface area (Å²) in [4.78, 5) is 11.1. The molecule has 1 aromatic carbocycles. The molecule has 9 heteroatoms. The maximum absolute atomic E-state index is 13.0. The molecule has 3 heterocycles. The van der Waals surface area contributed by atoms with Crippen molar-refractivity contribution < 1.29 is 17.7 Å². The Balaban J connectivity index is 1.26. The number of anilines is 1. The van der Waals surface area contributed by atoms with Crippen LogP contribution < -0.4 is 4.90 Å². The smallest absolute Gasteiger partial charge is 0.369 e. The minimum Gasteiger partial charge on any atom is -0.369 e. The summed E-state index contributed by atoms with van der Waals surface area (Å²) in [5, 5.41) is 3.83. The molecule has 2 saturated heterocycles. The lowest BCUT2D eigenvalue weighted by molar-refractivity contribution is -0.137. The number of piperazine rings is 1. The predicted octanol–water partition coefficient (Wildman–Crippen LogP) is 3.18. The Labute approximate surface area is 168 Å². The molecule has 0 radical (unpaired) electrons. The molecule has 2 fully saturated rings. The fourth-order valence-corrected chi connectivity index (χ4v) is 4.26. The lowest BCUT2D eigenvalue weighted by atomic mass is 10.0. The molecule has 0 N–H and O–H groups in total. The molecule has 0 saturated carbocycles. The van der Waals surface area contributed by atoms with Crippen molar-refractivity contribution >= 4 is 5.69 Å². The van der Waals surface area contributed by atoms with Gasteiger partial charge in [0, 0.05) is 51.0 Å². The molecule has 1 aromatic heterocycles. The number of alkyl halides is 3. The summed E-state index contributed by atoms with van der Waals surface area (Å²) in [7, 11) is 0. The number of likely N-dealkylation sites (tertiary alicyclic amines) is 1. The Bertz CT molecular complexity index is 808. The standard InChI is InChI=1S/C20H26F3N5O/c1-15-24-19(29-25-15)14-26-7-5-17(6-8-26)27-9-11-28(12-10-27)18-4-2-3-16(13-18)20(21,22)23/h2-4,13,17H,5-12,14H2,1H3. The van der Waals surface area contributed by atoms with Crippen molar-refractivity contribution in [3.63, 3.8) is 0 Å². The van der Waals surface area contributed by atoms with E-state index in [4.69, 9.17) is 4.52 Å². The number of hydrogen-bond acceptors (Lipinski definition) is 6. The zero-order chi connectivity index (χ0) is 20.4. The number of halogens is 3. The lowest BCUT2D eigenvalue weighted by Gasteiger charge is -2.43. The van der Waals surface area contributed by atoms with E-state index in [0.717, 1.165) is 58.2 Å². The number of piperidine rings is 1. The summed E-state index contributed by atoms with van der Waals surface area (Å²) in [5.74, 6) is 1.32. The van der Waals surface area contributed by atoms with E-state index in [1.165, 1.54) is 12.1 Å². The van der Waals surface area contributed by atoms with Gasteiger partial charge in [0.15, 0.2) is 5.82 Å². The van der Waals surface area contributed by atoms with Crippen LogP contribution >= 0.6 is 0 Å². The van der Waals surface area contributed by atoms with Crippen LogP contribution in [0.1, 0.15) is 30.1 Å². The van der Waals surface area contributed by atoms with Crippen LogP contribution in [0.25, 0.3) is 0 Å². The number of rotatable bonds is 4. The van der Waals surface area contributed by atoms with Gasteiger partial charge >= 0.3 is 6.18 Å². The first-order chi connectivity index (χ1) is 13.9. The fourth-order valence-electron chi connectivity index (χ4n) is 4.26. The highest BCUT2D eigenvalue weighted by Crippen LogP contribution is 2.32. The minimum atomic E-state index is -4.30. The first-order valence-corrected chi connectivity index (χ1v) is 10.1. The van der Waals surface area contributed by atoms with E-state index in [0.29, 0.717) is 30.0 Å². The van der Waals surface area contributed by atoms with E-state index < -0.39 is 11.7 Å². The normalized spacial score (nSPS) is 20.3. The van der Waals surface area contributed by atoms with E-state index in [9.17, 15) is 13.2 Å². The van der Waals surface area contributed by atoms with Gasteiger partial charge in [-0.05, 0) is 38.0 Å². The minimum absolute atomic E-state index is 0.527. The maximum Gasteiger partial charge on any atom is 0.416 e. The molecule has 0 spiro atoms. The summed E-state index contributed by atoms with van der Waals surface area (Å²) in [6.07, 6.45) is -2.14. The van der Waals surface area contributed by atoms with E-state index in [-0.39, 0.29) is 0 Å². The molecule has 0 amide bonds. The molecular weight excluding hydrogens is 383 g/mol. The Morgan fingerprint density at radius 3 is 2.41 bits per heavy atom. The van der Waals surface area contributed by atoms with Crippen LogP contribution in [-0.2, 0) is 12.7 Å². The average Bonchev–Trinajstić information content (AvgIpc) is 3.13. The predicted molar refractivity (Wildman–Crippen MR) is 103 cm³/mol. The second-order valence-corrected chi connectivity index (χ2v) is 7.81. The van der Waals surface area contributed by atoms with Gasteiger partial charge in [-0.1, -0.05) is 11.2 Å². The Hall–Kier alpha value is -2.13. The SMILES string of the molecule is Cc1noc(CN2CCC(N3CCN(c4cccc(C(F)(F)F)c4)CC3)CC2)n1. The molecule has 0 unspecified atom stereocenters. The van der Waals surface area contributed by atoms with Gasteiger partial charge in [0.25, 0.3) is 0 Å². The lowest BCUT2D eigenvalue weighted by Crippen LogP contribution is -2.53. The van der Waals surface area contributed by atoms with Gasteiger partial charge < -0.3 is 9.42 Å². The van der Waals surface area contributed by atoms with Crippen molar-refractivity contribution in [2.24, 2.45) is 0 Å². The second-order valence-electron chi connectivity index (χ2n) is 7.81. The zero-order valence-electron chi connectivity index (χ0n) is 16.5. The van der Waals surface area contributed by atoms with Crippen LogP contribution in [0.2, 0.25) is 0 Å². The molecule has 0 bridgehead atoms. The van der Waals surface area contributed by atoms with Crippen LogP contribution in [0.4, 0.5) is 18.9 Å². The largest absolute Gasteiger partial charge is 0.416 e. The molecule has 29 heavy (non-hydrogen) atoms. The number of aryl methyl sites for hydroxylation is 1. The number of nitrogens with zero attached hydrogens (tertiary/aromatic N) is 5. The van der Waals surface area contributed by atoms with Gasteiger partial charge in [-0.2, -0.15) is 18.2 Å². The molecular formula is C20H26F3N5O. The van der Waals surface area contributed by atoms with Crippen molar-refractivity contribution in [3.05, 3.63) is 41.5 Å². The Kier molecular flexibility index (Phi) is 5.78. The maximum atomic E-state index is 13.0. The van der Waals surface area contributed by atoms with Gasteiger partial charge in [-0.15, -0.1) is 0 Å². The van der Waals surface area contributed by atoms with Gasteiger partial charge in [0.05, 0.1) is 12.1 Å². The zero-order valence-corrected chi connectivity index (χ0v) is 16.5. The highest BCUT2D eigenvalue weighted by molar-refractivity contribution is 5.49. The van der Waals surface area contributed by atoms with Crippen LogP contribution in [0.5, 0.6) is 0 Å². The van der Waals surface area contributed by atoms with E-state index in [1.807, 2.05) is 6.92 Å². The van der Waals surface area contributed by atoms with Crippen molar-refractivity contribution in [2.75, 3.05) is 44.2 Å². The monoisotopic (exact) mass is 409 g/mol. The number of aromatic nitrogens is 2. The first kappa shape index (κ1) is 20.2. The molecule has 0 aliphatic carbocycles. The summed E-state index contributed by atoms with van der Waals surface area (Å²) in [5.41, 5.74) is 0.0744.